The van der Waals surface area contributed by atoms with Crippen LogP contribution in [-0.2, 0) is 0 Å². The van der Waals surface area contributed by atoms with Crippen molar-refractivity contribution in [2.24, 2.45) is 0 Å². The fraction of sp³-hybridized carbons (Fsp3) is 0.333. The Balaban J connectivity index is 2.57. The summed E-state index contributed by atoms with van der Waals surface area (Å²) >= 11 is -0.862. The highest BCUT2D eigenvalue weighted by atomic mass is 32.2. The first-order valence-corrected chi connectivity index (χ1v) is 7.50. The van der Waals surface area contributed by atoms with E-state index in [4.69, 9.17) is 0 Å². The van der Waals surface area contributed by atoms with Gasteiger partial charge in [-0.2, -0.15) is 30.7 Å². The summed E-state index contributed by atoms with van der Waals surface area (Å²) in [6.07, 6.45) is -2.65. The molecule has 1 aromatic carbocycles. The number of thioether (sulfide) groups is 1. The van der Waals surface area contributed by atoms with Crippen LogP contribution in [0.5, 0.6) is 0 Å². The molecule has 2 rings (SSSR count). The average molecular weight is 383 g/mol. The molecule has 25 heavy (non-hydrogen) atoms. The number of alkyl halides is 7. The normalized spacial score (nSPS) is 13.2. The van der Waals surface area contributed by atoms with Crippen molar-refractivity contribution in [1.82, 2.24) is 9.97 Å². The van der Waals surface area contributed by atoms with Crippen LogP contribution in [0, 0.1) is 19.9 Å². The molecule has 0 bridgehead atoms. The lowest BCUT2D eigenvalue weighted by atomic mass is 10.0. The van der Waals surface area contributed by atoms with Crippen molar-refractivity contribution < 1.29 is 30.7 Å². The van der Waals surface area contributed by atoms with E-state index >= 15 is 0 Å². The molecule has 0 saturated carbocycles. The van der Waals surface area contributed by atoms with E-state index in [0.29, 0.717) is 5.56 Å². The highest BCUT2D eigenvalue weighted by molar-refractivity contribution is 8.00. The average Bonchev–Trinajstić information content (AvgIpc) is 2.45. The Morgan fingerprint density at radius 1 is 1.00 bits per heavy atom. The molecule has 0 aliphatic rings. The van der Waals surface area contributed by atoms with E-state index in [9.17, 15) is 30.7 Å². The number of rotatable bonds is 4. The number of hydrogen-bond acceptors (Lipinski definition) is 3. The van der Waals surface area contributed by atoms with Gasteiger partial charge in [-0.25, -0.2) is 0 Å². The second kappa shape index (κ2) is 6.47. The van der Waals surface area contributed by atoms with Gasteiger partial charge in [0.1, 0.15) is 0 Å². The molecule has 1 heterocycles. The van der Waals surface area contributed by atoms with Crippen molar-refractivity contribution in [2.75, 3.05) is 0 Å². The van der Waals surface area contributed by atoms with E-state index in [-0.39, 0.29) is 16.8 Å². The molecule has 0 spiro atoms. The number of nitrogens with zero attached hydrogens (tertiary/aromatic N) is 2. The Morgan fingerprint density at radius 3 is 2.16 bits per heavy atom. The lowest BCUT2D eigenvalue weighted by Crippen LogP contribution is -2.49. The van der Waals surface area contributed by atoms with E-state index in [1.807, 2.05) is 0 Å². The van der Waals surface area contributed by atoms with Gasteiger partial charge in [0, 0.05) is 22.9 Å². The maximum atomic E-state index is 13.8. The molecule has 2 aromatic rings. The summed E-state index contributed by atoms with van der Waals surface area (Å²) in [5, 5.41) is -5.41. The molecule has 0 unspecified atom stereocenters. The zero-order valence-corrected chi connectivity index (χ0v) is 13.6. The number of halogens is 7. The molecule has 0 N–H and O–H groups in total. The van der Waals surface area contributed by atoms with Crippen LogP contribution in [0.4, 0.5) is 30.7 Å². The van der Waals surface area contributed by atoms with Crippen molar-refractivity contribution in [3.63, 3.8) is 0 Å². The maximum absolute atomic E-state index is 13.8. The summed E-state index contributed by atoms with van der Waals surface area (Å²) in [7, 11) is 0. The van der Waals surface area contributed by atoms with Gasteiger partial charge in [0.05, 0.1) is 11.9 Å². The monoisotopic (exact) mass is 383 g/mol. The molecule has 0 saturated heterocycles. The van der Waals surface area contributed by atoms with Crippen LogP contribution in [-0.4, -0.2) is 27.3 Å². The van der Waals surface area contributed by atoms with Gasteiger partial charge in [-0.05, 0) is 48.9 Å². The molecule has 2 nitrogen and oxygen atoms in total. The quantitative estimate of drug-likeness (QED) is 0.519. The van der Waals surface area contributed by atoms with Gasteiger partial charge in [-0.1, -0.05) is 0 Å². The fourth-order valence-corrected chi connectivity index (χ4v) is 3.16. The van der Waals surface area contributed by atoms with Crippen molar-refractivity contribution in [2.45, 2.75) is 36.1 Å². The maximum Gasteiger partial charge on any atom is 0.460 e. The SMILES string of the molecule is Cc1[c]c(C)c(-c2cnccn2)c(SC(F)(F)C(F)(F)C(F)(F)F)c1. The van der Waals surface area contributed by atoms with Gasteiger partial charge in [0.2, 0.25) is 0 Å². The number of aromatic nitrogens is 2. The Morgan fingerprint density at radius 2 is 1.64 bits per heavy atom. The fourth-order valence-electron chi connectivity index (χ4n) is 2.04. The second-order valence-electron chi connectivity index (χ2n) is 5.10. The molecule has 1 radical (unpaired) electrons. The Labute approximate surface area is 142 Å². The summed E-state index contributed by atoms with van der Waals surface area (Å²) in [6.45, 7) is 2.92. The minimum absolute atomic E-state index is 0.0265. The van der Waals surface area contributed by atoms with Crippen molar-refractivity contribution >= 4 is 11.8 Å². The highest BCUT2D eigenvalue weighted by Gasteiger charge is 2.73. The third kappa shape index (κ3) is 3.73. The minimum Gasteiger partial charge on any atom is -0.261 e. The predicted octanol–water partition coefficient (Wildman–Crippen LogP) is 5.44. The molecule has 135 valence electrons. The first-order chi connectivity index (χ1) is 11.4. The van der Waals surface area contributed by atoms with Gasteiger partial charge in [-0.3, -0.25) is 9.97 Å². The van der Waals surface area contributed by atoms with Crippen LogP contribution in [0.25, 0.3) is 11.3 Å². The van der Waals surface area contributed by atoms with E-state index in [1.54, 1.807) is 0 Å². The van der Waals surface area contributed by atoms with Gasteiger partial charge >= 0.3 is 17.4 Å². The molecule has 0 fully saturated rings. The van der Waals surface area contributed by atoms with E-state index < -0.39 is 34.0 Å². The first-order valence-electron chi connectivity index (χ1n) is 6.68. The van der Waals surface area contributed by atoms with Crippen LogP contribution >= 0.6 is 11.8 Å². The van der Waals surface area contributed by atoms with Crippen LogP contribution in [0.15, 0.2) is 29.6 Å². The molecule has 0 aliphatic heterocycles. The molecular weight excluding hydrogens is 373 g/mol. The summed E-state index contributed by atoms with van der Waals surface area (Å²) in [4.78, 5) is 7.17. The molecule has 1 aromatic heterocycles. The summed E-state index contributed by atoms with van der Waals surface area (Å²) in [5.41, 5.74) is 0.610. The van der Waals surface area contributed by atoms with Crippen LogP contribution < -0.4 is 0 Å². The van der Waals surface area contributed by atoms with Crippen LogP contribution in [0.1, 0.15) is 11.1 Å². The van der Waals surface area contributed by atoms with Crippen molar-refractivity contribution in [3.05, 3.63) is 41.9 Å². The van der Waals surface area contributed by atoms with Crippen LogP contribution in [0.2, 0.25) is 0 Å². The van der Waals surface area contributed by atoms with Gasteiger partial charge in [-0.15, -0.1) is 0 Å². The lowest BCUT2D eigenvalue weighted by molar-refractivity contribution is -0.330. The van der Waals surface area contributed by atoms with Crippen molar-refractivity contribution in [1.29, 1.82) is 0 Å². The number of aryl methyl sites for hydroxylation is 2. The minimum atomic E-state index is -6.39. The van der Waals surface area contributed by atoms with Gasteiger partial charge < -0.3 is 0 Å². The van der Waals surface area contributed by atoms with E-state index in [0.717, 1.165) is 6.07 Å². The molecule has 0 atom stereocenters. The zero-order chi connectivity index (χ0) is 19.0. The molecular formula is C15H10F7N2S. The van der Waals surface area contributed by atoms with Crippen molar-refractivity contribution in [3.8, 4) is 11.3 Å². The smallest absolute Gasteiger partial charge is 0.261 e. The van der Waals surface area contributed by atoms with Gasteiger partial charge in [0.15, 0.2) is 0 Å². The highest BCUT2D eigenvalue weighted by Crippen LogP contribution is 2.55. The predicted molar refractivity (Wildman–Crippen MR) is 77.6 cm³/mol. The first kappa shape index (κ1) is 19.5. The summed E-state index contributed by atoms with van der Waals surface area (Å²) in [5.74, 6) is -6.20. The van der Waals surface area contributed by atoms with Crippen LogP contribution in [0.3, 0.4) is 0 Å². The zero-order valence-electron chi connectivity index (χ0n) is 12.8. The van der Waals surface area contributed by atoms with Gasteiger partial charge in [0.25, 0.3) is 0 Å². The summed E-state index contributed by atoms with van der Waals surface area (Å²) in [6, 6.07) is 3.85. The number of hydrogen-bond donors (Lipinski definition) is 0. The Kier molecular flexibility index (Phi) is 5.04. The lowest BCUT2D eigenvalue weighted by Gasteiger charge is -2.28. The largest absolute Gasteiger partial charge is 0.460 e. The molecule has 10 heteroatoms. The Bertz CT molecular complexity index is 760. The standard InChI is InChI=1S/C15H10F7N2S/c1-8-5-9(2)12(10-7-23-3-4-24-10)11(6-8)25-15(21,22)13(16,17)14(18,19)20/h3-4,6-7H,1-2H3. The van der Waals surface area contributed by atoms with E-state index in [1.165, 1.54) is 32.4 Å². The Hall–Kier alpha value is -1.84. The third-order valence-corrected chi connectivity index (χ3v) is 4.19. The second-order valence-corrected chi connectivity index (χ2v) is 6.25. The molecule has 0 aliphatic carbocycles. The number of benzene rings is 1. The summed E-state index contributed by atoms with van der Waals surface area (Å²) < 4.78 is 91.0. The van der Waals surface area contributed by atoms with E-state index in [2.05, 4.69) is 16.0 Å². The third-order valence-electron chi connectivity index (χ3n) is 3.13. The molecule has 0 amide bonds. The topological polar surface area (TPSA) is 25.8 Å².